The normalized spacial score (nSPS) is 11.5. The van der Waals surface area contributed by atoms with Crippen molar-refractivity contribution in [3.8, 4) is 0 Å². The standard InChI is InChI=1S/C22H41NO2.K/c1-3-5-7-9-11-13-15-17-19-23(21-22(24)25)20-18-16-14-12-10-8-6-4-2;/h3-6H,7-21H2,1-2H3,(H,24,25);/q;+1/p-1/b5-3+,6-4+;. The summed E-state index contributed by atoms with van der Waals surface area (Å²) in [4.78, 5) is 13.0. The van der Waals surface area contributed by atoms with Crippen molar-refractivity contribution in [3.63, 3.8) is 0 Å². The van der Waals surface area contributed by atoms with Crippen LogP contribution in [0.15, 0.2) is 24.3 Å². The third kappa shape index (κ3) is 22.6. The Morgan fingerprint density at radius 3 is 1.50 bits per heavy atom. The van der Waals surface area contributed by atoms with Crippen molar-refractivity contribution in [1.29, 1.82) is 0 Å². The maximum absolute atomic E-state index is 10.9. The molecule has 0 bridgehead atoms. The first-order valence-corrected chi connectivity index (χ1v) is 10.3. The molecular weight excluding hydrogens is 349 g/mol. The first kappa shape index (κ1) is 28.8. The summed E-state index contributed by atoms with van der Waals surface area (Å²) >= 11 is 0. The molecule has 0 spiro atoms. The summed E-state index contributed by atoms with van der Waals surface area (Å²) in [6.45, 7) is 6.00. The molecule has 146 valence electrons. The molecule has 0 rings (SSSR count). The third-order valence-electron chi connectivity index (χ3n) is 4.51. The fourth-order valence-corrected chi connectivity index (χ4v) is 3.04. The summed E-state index contributed by atoms with van der Waals surface area (Å²) in [6.07, 6.45) is 23.2. The maximum Gasteiger partial charge on any atom is 1.00 e. The molecular formula is C22H40KNO2. The summed E-state index contributed by atoms with van der Waals surface area (Å²) < 4.78 is 0. The maximum atomic E-state index is 10.9. The van der Waals surface area contributed by atoms with Gasteiger partial charge in [0.05, 0.1) is 5.97 Å². The number of carbonyl (C=O) groups is 1. The van der Waals surface area contributed by atoms with Gasteiger partial charge < -0.3 is 9.90 Å². The molecule has 0 aliphatic rings. The van der Waals surface area contributed by atoms with E-state index in [1.807, 2.05) is 0 Å². The second-order valence-corrected chi connectivity index (χ2v) is 6.90. The van der Waals surface area contributed by atoms with Crippen LogP contribution in [0, 0.1) is 0 Å². The monoisotopic (exact) mass is 389 g/mol. The molecule has 0 saturated heterocycles. The number of unbranched alkanes of at least 4 members (excludes halogenated alkanes) is 10. The van der Waals surface area contributed by atoms with E-state index in [9.17, 15) is 9.90 Å². The van der Waals surface area contributed by atoms with Crippen LogP contribution in [-0.2, 0) is 4.79 Å². The van der Waals surface area contributed by atoms with E-state index in [1.165, 1.54) is 64.2 Å². The zero-order chi connectivity index (χ0) is 18.6. The number of nitrogens with zero attached hydrogens (tertiary/aromatic N) is 1. The minimum Gasteiger partial charge on any atom is -0.549 e. The topological polar surface area (TPSA) is 43.4 Å². The van der Waals surface area contributed by atoms with Gasteiger partial charge in [-0.25, -0.2) is 0 Å². The molecule has 0 atom stereocenters. The molecule has 0 N–H and O–H groups in total. The molecule has 0 saturated carbocycles. The van der Waals surface area contributed by atoms with E-state index in [2.05, 4.69) is 43.1 Å². The van der Waals surface area contributed by atoms with E-state index < -0.39 is 5.97 Å². The van der Waals surface area contributed by atoms with Gasteiger partial charge in [-0.1, -0.05) is 62.8 Å². The SMILES string of the molecule is C/C=C/CCCCCCCN(CCCCCCC/C=C/C)CC(=O)[O-].[K+]. The van der Waals surface area contributed by atoms with Gasteiger partial charge in [0.2, 0.25) is 0 Å². The Morgan fingerprint density at radius 2 is 1.12 bits per heavy atom. The van der Waals surface area contributed by atoms with Crippen molar-refractivity contribution in [2.75, 3.05) is 19.6 Å². The predicted molar refractivity (Wildman–Crippen MR) is 106 cm³/mol. The van der Waals surface area contributed by atoms with E-state index in [0.29, 0.717) is 0 Å². The number of hydrogen-bond acceptors (Lipinski definition) is 3. The largest absolute Gasteiger partial charge is 1.00 e. The minimum absolute atomic E-state index is 0. The summed E-state index contributed by atoms with van der Waals surface area (Å²) in [5, 5.41) is 10.9. The van der Waals surface area contributed by atoms with Crippen molar-refractivity contribution >= 4 is 5.97 Å². The number of aliphatic carboxylic acids is 1. The molecule has 0 amide bonds. The van der Waals surface area contributed by atoms with Crippen molar-refractivity contribution in [2.45, 2.75) is 90.9 Å². The van der Waals surface area contributed by atoms with Crippen molar-refractivity contribution in [3.05, 3.63) is 24.3 Å². The minimum atomic E-state index is -0.947. The van der Waals surface area contributed by atoms with Crippen LogP contribution in [0.4, 0.5) is 0 Å². The van der Waals surface area contributed by atoms with Gasteiger partial charge in [-0.15, -0.1) is 0 Å². The molecule has 4 heteroatoms. The Morgan fingerprint density at radius 1 is 0.731 bits per heavy atom. The number of allylic oxidation sites excluding steroid dienone is 4. The fourth-order valence-electron chi connectivity index (χ4n) is 3.04. The molecule has 0 radical (unpaired) electrons. The van der Waals surface area contributed by atoms with Gasteiger partial charge in [-0.05, 0) is 65.5 Å². The quantitative estimate of drug-likeness (QED) is 0.204. The van der Waals surface area contributed by atoms with Gasteiger partial charge in [0, 0.05) is 6.54 Å². The first-order chi connectivity index (χ1) is 12.2. The molecule has 0 unspecified atom stereocenters. The molecule has 26 heavy (non-hydrogen) atoms. The average molecular weight is 390 g/mol. The molecule has 0 aromatic rings. The second kappa shape index (κ2) is 23.6. The summed E-state index contributed by atoms with van der Waals surface area (Å²) in [5.74, 6) is -0.947. The van der Waals surface area contributed by atoms with E-state index >= 15 is 0 Å². The average Bonchev–Trinajstić information content (AvgIpc) is 2.58. The Bertz CT molecular complexity index is 330. The van der Waals surface area contributed by atoms with Crippen LogP contribution < -0.4 is 56.5 Å². The Kier molecular flexibility index (Phi) is 26.1. The molecule has 0 aromatic heterocycles. The number of carbonyl (C=O) groups excluding carboxylic acids is 1. The zero-order valence-electron chi connectivity index (χ0n) is 17.7. The van der Waals surface area contributed by atoms with E-state index in [1.54, 1.807) is 0 Å². The van der Waals surface area contributed by atoms with Crippen molar-refractivity contribution in [2.24, 2.45) is 0 Å². The summed E-state index contributed by atoms with van der Waals surface area (Å²) in [7, 11) is 0. The summed E-state index contributed by atoms with van der Waals surface area (Å²) in [6, 6.07) is 0. The zero-order valence-corrected chi connectivity index (χ0v) is 20.8. The van der Waals surface area contributed by atoms with Gasteiger partial charge in [-0.3, -0.25) is 4.90 Å². The van der Waals surface area contributed by atoms with E-state index in [0.717, 1.165) is 25.9 Å². The second-order valence-electron chi connectivity index (χ2n) is 6.90. The van der Waals surface area contributed by atoms with Crippen LogP contribution in [-0.4, -0.2) is 30.5 Å². The summed E-state index contributed by atoms with van der Waals surface area (Å²) in [5.41, 5.74) is 0. The van der Waals surface area contributed by atoms with Crippen LogP contribution in [0.2, 0.25) is 0 Å². The predicted octanol–water partition coefficient (Wildman–Crippen LogP) is 1.88. The number of carboxylic acid groups (broad SMARTS) is 1. The van der Waals surface area contributed by atoms with E-state index in [-0.39, 0.29) is 57.9 Å². The number of hydrogen-bond donors (Lipinski definition) is 0. The van der Waals surface area contributed by atoms with Gasteiger partial charge in [0.25, 0.3) is 0 Å². The van der Waals surface area contributed by atoms with Crippen molar-refractivity contribution in [1.82, 2.24) is 4.90 Å². The Hall–Kier alpha value is 0.546. The Labute approximate surface area is 205 Å². The molecule has 0 aliphatic carbocycles. The molecule has 0 heterocycles. The van der Waals surface area contributed by atoms with E-state index in [4.69, 9.17) is 0 Å². The molecule has 0 fully saturated rings. The number of rotatable bonds is 18. The van der Waals surface area contributed by atoms with Crippen LogP contribution in [0.3, 0.4) is 0 Å². The van der Waals surface area contributed by atoms with Gasteiger partial charge >= 0.3 is 51.4 Å². The molecule has 3 nitrogen and oxygen atoms in total. The fraction of sp³-hybridized carbons (Fsp3) is 0.773. The van der Waals surface area contributed by atoms with Crippen LogP contribution in [0.5, 0.6) is 0 Å². The molecule has 0 aliphatic heterocycles. The first-order valence-electron chi connectivity index (χ1n) is 10.3. The van der Waals surface area contributed by atoms with Gasteiger partial charge in [0.1, 0.15) is 0 Å². The van der Waals surface area contributed by atoms with Gasteiger partial charge in [-0.2, -0.15) is 0 Å². The van der Waals surface area contributed by atoms with Crippen molar-refractivity contribution < 1.29 is 61.3 Å². The third-order valence-corrected chi connectivity index (χ3v) is 4.51. The van der Waals surface area contributed by atoms with Crippen LogP contribution in [0.1, 0.15) is 90.9 Å². The number of carboxylic acids is 1. The Balaban J connectivity index is 0. The van der Waals surface area contributed by atoms with Crippen LogP contribution in [0.25, 0.3) is 0 Å². The molecule has 0 aromatic carbocycles. The smallest absolute Gasteiger partial charge is 0.549 e. The van der Waals surface area contributed by atoms with Crippen LogP contribution >= 0.6 is 0 Å². The van der Waals surface area contributed by atoms with Gasteiger partial charge in [0.15, 0.2) is 0 Å².